The number of ether oxygens (including phenoxy) is 1. The number of hydrogen-bond acceptors (Lipinski definition) is 2. The van der Waals surface area contributed by atoms with E-state index in [0.29, 0.717) is 16.5 Å². The van der Waals surface area contributed by atoms with Crippen molar-refractivity contribution in [3.8, 4) is 5.75 Å². The van der Waals surface area contributed by atoms with E-state index in [1.807, 2.05) is 31.2 Å². The van der Waals surface area contributed by atoms with Crippen molar-refractivity contribution in [1.29, 1.82) is 0 Å². The smallest absolute Gasteiger partial charge is 0.262 e. The predicted octanol–water partition coefficient (Wildman–Crippen LogP) is 4.99. The molecule has 0 aliphatic heterocycles. The summed E-state index contributed by atoms with van der Waals surface area (Å²) in [6.07, 6.45) is 0.952. The summed E-state index contributed by atoms with van der Waals surface area (Å²) in [6, 6.07) is 11.2. The third kappa shape index (κ3) is 4.24. The van der Waals surface area contributed by atoms with Crippen LogP contribution in [0.2, 0.25) is 5.02 Å². The molecule has 0 aliphatic carbocycles. The van der Waals surface area contributed by atoms with Crippen LogP contribution in [0, 0.1) is 6.92 Å². The Kier molecular flexibility index (Phi) is 5.86. The molecule has 5 heteroatoms. The second-order valence-electron chi connectivity index (χ2n) is 4.87. The molecule has 116 valence electrons. The molecule has 0 unspecified atom stereocenters. The van der Waals surface area contributed by atoms with E-state index in [1.165, 1.54) is 5.56 Å². The first-order valence-corrected chi connectivity index (χ1v) is 8.14. The summed E-state index contributed by atoms with van der Waals surface area (Å²) in [5.41, 5.74) is 2.74. The van der Waals surface area contributed by atoms with Crippen LogP contribution in [0.3, 0.4) is 0 Å². The van der Waals surface area contributed by atoms with Gasteiger partial charge in [0.1, 0.15) is 5.75 Å². The Bertz CT molecular complexity index is 688. The molecular formula is C17H17BrClNO2. The minimum atomic E-state index is -0.225. The van der Waals surface area contributed by atoms with E-state index < -0.39 is 0 Å². The van der Waals surface area contributed by atoms with Crippen molar-refractivity contribution in [2.75, 3.05) is 11.9 Å². The maximum Gasteiger partial charge on any atom is 0.262 e. The number of anilines is 1. The van der Waals surface area contributed by atoms with Crippen molar-refractivity contribution in [2.45, 2.75) is 20.3 Å². The van der Waals surface area contributed by atoms with Gasteiger partial charge in [0.25, 0.3) is 5.91 Å². The zero-order valence-electron chi connectivity index (χ0n) is 12.5. The fraction of sp³-hybridized carbons (Fsp3) is 0.235. The van der Waals surface area contributed by atoms with E-state index in [0.717, 1.165) is 16.5 Å². The van der Waals surface area contributed by atoms with Crippen LogP contribution in [0.4, 0.5) is 5.69 Å². The third-order valence-corrected chi connectivity index (χ3v) is 4.33. The minimum Gasteiger partial charge on any atom is -0.483 e. The van der Waals surface area contributed by atoms with Crippen LogP contribution in [-0.4, -0.2) is 12.5 Å². The van der Waals surface area contributed by atoms with Crippen LogP contribution in [0.25, 0.3) is 0 Å². The summed E-state index contributed by atoms with van der Waals surface area (Å²) >= 11 is 9.48. The number of halogens is 2. The summed E-state index contributed by atoms with van der Waals surface area (Å²) in [5.74, 6) is 0.423. The lowest BCUT2D eigenvalue weighted by Gasteiger charge is -2.11. The molecule has 2 aromatic carbocycles. The number of rotatable bonds is 5. The molecule has 3 nitrogen and oxygen atoms in total. The molecule has 2 aromatic rings. The Hall–Kier alpha value is -1.52. The first-order valence-electron chi connectivity index (χ1n) is 6.97. The summed E-state index contributed by atoms with van der Waals surface area (Å²) < 4.78 is 6.39. The molecular weight excluding hydrogens is 366 g/mol. The molecule has 0 heterocycles. The Morgan fingerprint density at radius 2 is 2.09 bits per heavy atom. The Morgan fingerprint density at radius 1 is 1.32 bits per heavy atom. The van der Waals surface area contributed by atoms with Crippen molar-refractivity contribution in [1.82, 2.24) is 0 Å². The van der Waals surface area contributed by atoms with Crippen LogP contribution in [0.5, 0.6) is 5.75 Å². The zero-order valence-corrected chi connectivity index (χ0v) is 14.8. The van der Waals surface area contributed by atoms with Gasteiger partial charge in [-0.1, -0.05) is 30.7 Å². The molecule has 22 heavy (non-hydrogen) atoms. The summed E-state index contributed by atoms with van der Waals surface area (Å²) in [7, 11) is 0. The lowest BCUT2D eigenvalue weighted by molar-refractivity contribution is -0.118. The third-order valence-electron chi connectivity index (χ3n) is 3.31. The molecule has 0 bridgehead atoms. The molecule has 0 aliphatic rings. The molecule has 1 amide bonds. The number of carbonyl (C=O) groups is 1. The number of aryl methyl sites for hydroxylation is 1. The second kappa shape index (κ2) is 7.65. The van der Waals surface area contributed by atoms with E-state index in [4.69, 9.17) is 16.3 Å². The Balaban J connectivity index is 1.97. The topological polar surface area (TPSA) is 38.3 Å². The van der Waals surface area contributed by atoms with Gasteiger partial charge in [-0.05, 0) is 64.7 Å². The highest BCUT2D eigenvalue weighted by Gasteiger charge is 2.09. The molecule has 0 atom stereocenters. The van der Waals surface area contributed by atoms with Gasteiger partial charge in [0.05, 0.1) is 4.47 Å². The molecule has 1 N–H and O–H groups in total. The largest absolute Gasteiger partial charge is 0.483 e. The van der Waals surface area contributed by atoms with E-state index in [9.17, 15) is 4.79 Å². The van der Waals surface area contributed by atoms with Crippen molar-refractivity contribution >= 4 is 39.1 Å². The van der Waals surface area contributed by atoms with Crippen molar-refractivity contribution in [3.05, 3.63) is 57.0 Å². The van der Waals surface area contributed by atoms with Crippen LogP contribution < -0.4 is 10.1 Å². The summed E-state index contributed by atoms with van der Waals surface area (Å²) in [4.78, 5) is 12.0. The van der Waals surface area contributed by atoms with Crippen LogP contribution in [0.1, 0.15) is 18.1 Å². The molecule has 2 rings (SSSR count). The monoisotopic (exact) mass is 381 g/mol. The summed E-state index contributed by atoms with van der Waals surface area (Å²) in [6.45, 7) is 3.89. The second-order valence-corrected chi connectivity index (χ2v) is 6.13. The first kappa shape index (κ1) is 16.8. The molecule has 0 saturated carbocycles. The lowest BCUT2D eigenvalue weighted by Crippen LogP contribution is -2.20. The van der Waals surface area contributed by atoms with Crippen molar-refractivity contribution in [2.24, 2.45) is 0 Å². The fourth-order valence-corrected chi connectivity index (χ4v) is 2.67. The Morgan fingerprint density at radius 3 is 2.77 bits per heavy atom. The standard InChI is InChI=1S/C17H17BrClNO2/c1-3-12-7-8-16(13(18)9-12)22-10-17(21)20-15-6-4-5-14(19)11(15)2/h4-9H,3,10H2,1-2H3,(H,20,21). The number of amides is 1. The van der Waals surface area contributed by atoms with E-state index in [-0.39, 0.29) is 12.5 Å². The van der Waals surface area contributed by atoms with Gasteiger partial charge >= 0.3 is 0 Å². The van der Waals surface area contributed by atoms with E-state index in [2.05, 4.69) is 28.2 Å². The first-order chi connectivity index (χ1) is 10.5. The normalized spacial score (nSPS) is 10.4. The average Bonchev–Trinajstić information content (AvgIpc) is 2.50. The van der Waals surface area contributed by atoms with Gasteiger partial charge in [-0.15, -0.1) is 0 Å². The highest BCUT2D eigenvalue weighted by molar-refractivity contribution is 9.10. The van der Waals surface area contributed by atoms with Crippen molar-refractivity contribution in [3.63, 3.8) is 0 Å². The highest BCUT2D eigenvalue weighted by atomic mass is 79.9. The van der Waals surface area contributed by atoms with Crippen molar-refractivity contribution < 1.29 is 9.53 Å². The fourth-order valence-electron chi connectivity index (χ4n) is 1.95. The summed E-state index contributed by atoms with van der Waals surface area (Å²) in [5, 5.41) is 3.42. The number of carbonyl (C=O) groups excluding carboxylic acids is 1. The van der Waals surface area contributed by atoms with Gasteiger partial charge in [0.2, 0.25) is 0 Å². The van der Waals surface area contributed by atoms with Crippen LogP contribution in [-0.2, 0) is 11.2 Å². The number of benzene rings is 2. The van der Waals surface area contributed by atoms with Gasteiger partial charge in [-0.2, -0.15) is 0 Å². The quantitative estimate of drug-likeness (QED) is 0.791. The SMILES string of the molecule is CCc1ccc(OCC(=O)Nc2cccc(Cl)c2C)c(Br)c1. The van der Waals surface area contributed by atoms with Gasteiger partial charge in [0, 0.05) is 10.7 Å². The number of nitrogens with one attached hydrogen (secondary N) is 1. The van der Waals surface area contributed by atoms with E-state index in [1.54, 1.807) is 12.1 Å². The van der Waals surface area contributed by atoms with Crippen LogP contribution >= 0.6 is 27.5 Å². The molecule has 0 saturated heterocycles. The number of hydrogen-bond donors (Lipinski definition) is 1. The van der Waals surface area contributed by atoms with Gasteiger partial charge in [0.15, 0.2) is 6.61 Å². The zero-order chi connectivity index (χ0) is 16.1. The van der Waals surface area contributed by atoms with Gasteiger partial charge in [-0.25, -0.2) is 0 Å². The van der Waals surface area contributed by atoms with Gasteiger partial charge in [-0.3, -0.25) is 4.79 Å². The maximum atomic E-state index is 12.0. The predicted molar refractivity (Wildman–Crippen MR) is 93.8 cm³/mol. The molecule has 0 aromatic heterocycles. The lowest BCUT2D eigenvalue weighted by atomic mass is 10.2. The molecule has 0 radical (unpaired) electrons. The average molecular weight is 383 g/mol. The highest BCUT2D eigenvalue weighted by Crippen LogP contribution is 2.26. The minimum absolute atomic E-state index is 0.0595. The maximum absolute atomic E-state index is 12.0. The Labute approximate surface area is 143 Å². The van der Waals surface area contributed by atoms with Crippen LogP contribution in [0.15, 0.2) is 40.9 Å². The molecule has 0 fully saturated rings. The van der Waals surface area contributed by atoms with E-state index >= 15 is 0 Å². The van der Waals surface area contributed by atoms with Gasteiger partial charge < -0.3 is 10.1 Å². The molecule has 0 spiro atoms.